The summed E-state index contributed by atoms with van der Waals surface area (Å²) < 4.78 is 0. The van der Waals surface area contributed by atoms with E-state index < -0.39 is 0 Å². The SMILES string of the molecule is CCN(C1CCCCC1)C1(CN)CSCCC1(C)C. The van der Waals surface area contributed by atoms with Gasteiger partial charge in [-0.05, 0) is 37.0 Å². The van der Waals surface area contributed by atoms with E-state index in [1.807, 2.05) is 0 Å². The fourth-order valence-corrected chi connectivity index (χ4v) is 6.03. The third kappa shape index (κ3) is 2.84. The lowest BCUT2D eigenvalue weighted by Gasteiger charge is -2.58. The molecule has 2 N–H and O–H groups in total. The molecule has 1 unspecified atom stereocenters. The molecule has 19 heavy (non-hydrogen) atoms. The molecule has 1 atom stereocenters. The number of thioether (sulfide) groups is 1. The van der Waals surface area contributed by atoms with Gasteiger partial charge in [0.2, 0.25) is 0 Å². The highest BCUT2D eigenvalue weighted by Gasteiger charge is 2.51. The van der Waals surface area contributed by atoms with Crippen molar-refractivity contribution in [1.29, 1.82) is 0 Å². The van der Waals surface area contributed by atoms with Gasteiger partial charge in [-0.3, -0.25) is 4.90 Å². The fourth-order valence-electron chi connectivity index (χ4n) is 4.22. The van der Waals surface area contributed by atoms with Gasteiger partial charge in [0.1, 0.15) is 0 Å². The van der Waals surface area contributed by atoms with E-state index in [1.165, 1.54) is 50.0 Å². The van der Waals surface area contributed by atoms with E-state index in [9.17, 15) is 0 Å². The van der Waals surface area contributed by atoms with Crippen molar-refractivity contribution in [3.8, 4) is 0 Å². The van der Waals surface area contributed by atoms with Gasteiger partial charge in [0.05, 0.1) is 0 Å². The molecular formula is C16H32N2S. The summed E-state index contributed by atoms with van der Waals surface area (Å²) >= 11 is 2.11. The molecule has 0 spiro atoms. The van der Waals surface area contributed by atoms with Crippen LogP contribution < -0.4 is 5.73 Å². The lowest BCUT2D eigenvalue weighted by molar-refractivity contribution is -0.0342. The number of rotatable bonds is 4. The van der Waals surface area contributed by atoms with Crippen molar-refractivity contribution in [2.24, 2.45) is 11.1 Å². The lowest BCUT2D eigenvalue weighted by atomic mass is 9.68. The highest BCUT2D eigenvalue weighted by molar-refractivity contribution is 7.99. The van der Waals surface area contributed by atoms with Gasteiger partial charge in [-0.25, -0.2) is 0 Å². The zero-order valence-electron chi connectivity index (χ0n) is 13.1. The molecule has 2 rings (SSSR count). The summed E-state index contributed by atoms with van der Waals surface area (Å²) in [6.45, 7) is 9.21. The maximum absolute atomic E-state index is 6.34. The predicted octanol–water partition coefficient (Wildman–Crippen LogP) is 3.50. The largest absolute Gasteiger partial charge is 0.329 e. The molecule has 112 valence electrons. The van der Waals surface area contributed by atoms with Crippen LogP contribution in [0.15, 0.2) is 0 Å². The molecule has 1 saturated carbocycles. The molecule has 1 heterocycles. The summed E-state index contributed by atoms with van der Waals surface area (Å²) in [5.74, 6) is 2.53. The first kappa shape index (κ1) is 15.7. The van der Waals surface area contributed by atoms with Crippen molar-refractivity contribution < 1.29 is 0 Å². The molecule has 0 aromatic carbocycles. The highest BCUT2D eigenvalue weighted by Crippen LogP contribution is 2.47. The third-order valence-electron chi connectivity index (χ3n) is 5.72. The minimum Gasteiger partial charge on any atom is -0.329 e. The Bertz CT molecular complexity index is 286. The van der Waals surface area contributed by atoms with Crippen molar-refractivity contribution in [1.82, 2.24) is 4.90 Å². The quantitative estimate of drug-likeness (QED) is 0.857. The van der Waals surface area contributed by atoms with Crippen LogP contribution in [-0.4, -0.2) is 41.1 Å². The molecule has 2 fully saturated rings. The zero-order chi connectivity index (χ0) is 13.9. The fraction of sp³-hybridized carbons (Fsp3) is 1.00. The minimum atomic E-state index is 0.215. The summed E-state index contributed by atoms with van der Waals surface area (Å²) in [4.78, 5) is 2.80. The Labute approximate surface area is 123 Å². The molecule has 3 heteroatoms. The van der Waals surface area contributed by atoms with E-state index in [2.05, 4.69) is 37.4 Å². The Hall–Kier alpha value is 0.270. The lowest BCUT2D eigenvalue weighted by Crippen LogP contribution is -2.68. The van der Waals surface area contributed by atoms with Crippen molar-refractivity contribution >= 4 is 11.8 Å². The molecule has 0 radical (unpaired) electrons. The molecule has 2 nitrogen and oxygen atoms in total. The Morgan fingerprint density at radius 3 is 2.42 bits per heavy atom. The molecule has 0 aromatic rings. The number of hydrogen-bond acceptors (Lipinski definition) is 3. The maximum atomic E-state index is 6.34. The molecule has 1 saturated heterocycles. The highest BCUT2D eigenvalue weighted by atomic mass is 32.2. The predicted molar refractivity (Wildman–Crippen MR) is 86.8 cm³/mol. The van der Waals surface area contributed by atoms with E-state index in [-0.39, 0.29) is 5.54 Å². The normalized spacial score (nSPS) is 32.7. The first-order valence-electron chi connectivity index (χ1n) is 8.12. The van der Waals surface area contributed by atoms with Crippen molar-refractivity contribution in [3.63, 3.8) is 0 Å². The van der Waals surface area contributed by atoms with Crippen molar-refractivity contribution in [2.45, 2.75) is 70.9 Å². The molecule has 0 bridgehead atoms. The second-order valence-corrected chi connectivity index (χ2v) is 8.11. The van der Waals surface area contributed by atoms with Crippen LogP contribution in [0.1, 0.15) is 59.3 Å². The van der Waals surface area contributed by atoms with Crippen LogP contribution in [0.5, 0.6) is 0 Å². The summed E-state index contributed by atoms with van der Waals surface area (Å²) in [5, 5.41) is 0. The van der Waals surface area contributed by atoms with Gasteiger partial charge in [0.25, 0.3) is 0 Å². The second-order valence-electron chi connectivity index (χ2n) is 7.00. The first-order chi connectivity index (χ1) is 9.07. The standard InChI is InChI=1S/C16H32N2S/c1-4-18(14-8-6-5-7-9-14)16(12-17)13-19-11-10-15(16,2)3/h14H,4-13,17H2,1-3H3. The van der Waals surface area contributed by atoms with Crippen LogP contribution in [-0.2, 0) is 0 Å². The monoisotopic (exact) mass is 284 g/mol. The zero-order valence-corrected chi connectivity index (χ0v) is 13.9. The van der Waals surface area contributed by atoms with Gasteiger partial charge in [0.15, 0.2) is 0 Å². The number of nitrogens with zero attached hydrogens (tertiary/aromatic N) is 1. The minimum absolute atomic E-state index is 0.215. The number of nitrogens with two attached hydrogens (primary N) is 1. The summed E-state index contributed by atoms with van der Waals surface area (Å²) in [5.41, 5.74) is 6.90. The Kier molecular flexibility index (Phi) is 5.24. The van der Waals surface area contributed by atoms with E-state index in [0.29, 0.717) is 5.41 Å². The maximum Gasteiger partial charge on any atom is 0.0475 e. The van der Waals surface area contributed by atoms with Crippen molar-refractivity contribution in [3.05, 3.63) is 0 Å². The second kappa shape index (κ2) is 6.36. The van der Waals surface area contributed by atoms with Gasteiger partial charge in [-0.15, -0.1) is 0 Å². The summed E-state index contributed by atoms with van der Waals surface area (Å²) in [7, 11) is 0. The van der Waals surface area contributed by atoms with Gasteiger partial charge in [-0.1, -0.05) is 40.0 Å². The number of likely N-dealkylation sites (N-methyl/N-ethyl adjacent to an activating group) is 1. The van der Waals surface area contributed by atoms with Gasteiger partial charge >= 0.3 is 0 Å². The van der Waals surface area contributed by atoms with Gasteiger partial charge in [0, 0.05) is 23.9 Å². The summed E-state index contributed by atoms with van der Waals surface area (Å²) in [6.07, 6.45) is 8.33. The van der Waals surface area contributed by atoms with Crippen molar-refractivity contribution in [2.75, 3.05) is 24.6 Å². The molecule has 0 amide bonds. The molecule has 2 aliphatic rings. The van der Waals surface area contributed by atoms with Crippen LogP contribution >= 0.6 is 11.8 Å². The Balaban J connectivity index is 2.25. The number of hydrogen-bond donors (Lipinski definition) is 1. The van der Waals surface area contributed by atoms with Crippen LogP contribution in [0.3, 0.4) is 0 Å². The average molecular weight is 285 g/mol. The van der Waals surface area contributed by atoms with E-state index in [0.717, 1.165) is 19.1 Å². The third-order valence-corrected chi connectivity index (χ3v) is 6.89. The van der Waals surface area contributed by atoms with Crippen LogP contribution in [0.25, 0.3) is 0 Å². The molecule has 1 aliphatic heterocycles. The van der Waals surface area contributed by atoms with Gasteiger partial charge in [-0.2, -0.15) is 11.8 Å². The molecule has 0 aromatic heterocycles. The van der Waals surface area contributed by atoms with Crippen LogP contribution in [0.2, 0.25) is 0 Å². The Morgan fingerprint density at radius 1 is 1.21 bits per heavy atom. The Morgan fingerprint density at radius 2 is 1.89 bits per heavy atom. The van der Waals surface area contributed by atoms with Crippen LogP contribution in [0, 0.1) is 5.41 Å². The molecule has 1 aliphatic carbocycles. The average Bonchev–Trinajstić information content (AvgIpc) is 2.42. The van der Waals surface area contributed by atoms with Crippen LogP contribution in [0.4, 0.5) is 0 Å². The van der Waals surface area contributed by atoms with Gasteiger partial charge < -0.3 is 5.73 Å². The summed E-state index contributed by atoms with van der Waals surface area (Å²) in [6, 6.07) is 0.778. The topological polar surface area (TPSA) is 29.3 Å². The first-order valence-corrected chi connectivity index (χ1v) is 9.27. The van der Waals surface area contributed by atoms with E-state index in [4.69, 9.17) is 5.73 Å². The van der Waals surface area contributed by atoms with E-state index in [1.54, 1.807) is 0 Å². The molecular weight excluding hydrogens is 252 g/mol. The van der Waals surface area contributed by atoms with E-state index >= 15 is 0 Å². The smallest absolute Gasteiger partial charge is 0.0475 e.